The van der Waals surface area contributed by atoms with Gasteiger partial charge >= 0.3 is 0 Å². The van der Waals surface area contributed by atoms with Crippen molar-refractivity contribution in [3.63, 3.8) is 0 Å². The van der Waals surface area contributed by atoms with Crippen LogP contribution in [0.4, 0.5) is 0 Å². The smallest absolute Gasteiger partial charge is 0.00728 e. The SMILES string of the molecule is C1CN(CCC2CC3CCC(C2)N3)C1. The third-order valence-corrected chi connectivity index (χ3v) is 4.37. The molecule has 2 unspecified atom stereocenters. The van der Waals surface area contributed by atoms with Gasteiger partial charge in [-0.1, -0.05) is 0 Å². The Hall–Kier alpha value is -0.0800. The van der Waals surface area contributed by atoms with Gasteiger partial charge in [-0.15, -0.1) is 0 Å². The molecule has 0 amide bonds. The summed E-state index contributed by atoms with van der Waals surface area (Å²) in [6, 6.07) is 1.77. The summed E-state index contributed by atoms with van der Waals surface area (Å²) in [5, 5.41) is 3.72. The Morgan fingerprint density at radius 2 is 1.79 bits per heavy atom. The standard InChI is InChI=1S/C12H22N2/c1-5-14(6-1)7-4-10-8-11-2-3-12(9-10)13-11/h10-13H,1-9H2. The van der Waals surface area contributed by atoms with Crippen LogP contribution in [-0.4, -0.2) is 36.6 Å². The summed E-state index contributed by atoms with van der Waals surface area (Å²) >= 11 is 0. The monoisotopic (exact) mass is 194 g/mol. The lowest BCUT2D eigenvalue weighted by atomic mass is 9.89. The molecule has 3 rings (SSSR count). The van der Waals surface area contributed by atoms with Crippen LogP contribution in [0.2, 0.25) is 0 Å². The Bertz CT molecular complexity index is 188. The van der Waals surface area contributed by atoms with Gasteiger partial charge in [0.25, 0.3) is 0 Å². The molecule has 1 N–H and O–H groups in total. The maximum Gasteiger partial charge on any atom is 0.00728 e. The van der Waals surface area contributed by atoms with Crippen molar-refractivity contribution >= 4 is 0 Å². The predicted octanol–water partition coefficient (Wildman–Crippen LogP) is 1.61. The highest BCUT2D eigenvalue weighted by atomic mass is 15.2. The van der Waals surface area contributed by atoms with E-state index < -0.39 is 0 Å². The summed E-state index contributed by atoms with van der Waals surface area (Å²) in [4.78, 5) is 2.62. The van der Waals surface area contributed by atoms with Gasteiger partial charge in [0.2, 0.25) is 0 Å². The Morgan fingerprint density at radius 3 is 2.36 bits per heavy atom. The van der Waals surface area contributed by atoms with Crippen LogP contribution < -0.4 is 5.32 Å². The molecule has 14 heavy (non-hydrogen) atoms. The van der Waals surface area contributed by atoms with E-state index in [0.717, 1.165) is 18.0 Å². The minimum Gasteiger partial charge on any atom is -0.311 e. The van der Waals surface area contributed by atoms with E-state index in [0.29, 0.717) is 0 Å². The molecule has 0 radical (unpaired) electrons. The summed E-state index contributed by atoms with van der Waals surface area (Å²) in [6.07, 6.45) is 8.73. The molecule has 2 heteroatoms. The zero-order chi connectivity index (χ0) is 9.38. The average Bonchev–Trinajstić information content (AvgIpc) is 2.43. The van der Waals surface area contributed by atoms with E-state index in [-0.39, 0.29) is 0 Å². The number of fused-ring (bicyclic) bond motifs is 2. The molecular formula is C12H22N2. The molecule has 0 saturated carbocycles. The molecule has 3 aliphatic heterocycles. The lowest BCUT2D eigenvalue weighted by Crippen LogP contribution is -2.41. The minimum atomic E-state index is 0.884. The third-order valence-electron chi connectivity index (χ3n) is 4.37. The molecule has 2 bridgehead atoms. The highest BCUT2D eigenvalue weighted by molar-refractivity contribution is 4.92. The number of nitrogens with zero attached hydrogens (tertiary/aromatic N) is 1. The van der Waals surface area contributed by atoms with Crippen LogP contribution in [0.5, 0.6) is 0 Å². The lowest BCUT2D eigenvalue weighted by Gasteiger charge is -2.34. The fourth-order valence-electron chi connectivity index (χ4n) is 3.38. The number of hydrogen-bond donors (Lipinski definition) is 1. The van der Waals surface area contributed by atoms with Crippen molar-refractivity contribution in [2.24, 2.45) is 5.92 Å². The lowest BCUT2D eigenvalue weighted by molar-refractivity contribution is 0.156. The first-order valence-electron chi connectivity index (χ1n) is 6.38. The number of rotatable bonds is 3. The van der Waals surface area contributed by atoms with E-state index in [9.17, 15) is 0 Å². The summed E-state index contributed by atoms with van der Waals surface area (Å²) in [6.45, 7) is 4.12. The largest absolute Gasteiger partial charge is 0.311 e. The Labute approximate surface area is 87.0 Å². The normalized spacial score (nSPS) is 42.4. The molecule has 0 aromatic heterocycles. The molecule has 0 aromatic rings. The van der Waals surface area contributed by atoms with Crippen molar-refractivity contribution in [1.82, 2.24) is 10.2 Å². The topological polar surface area (TPSA) is 15.3 Å². The molecule has 3 aliphatic rings. The van der Waals surface area contributed by atoms with E-state index >= 15 is 0 Å². The van der Waals surface area contributed by atoms with Gasteiger partial charge in [0.05, 0.1) is 0 Å². The quantitative estimate of drug-likeness (QED) is 0.734. The van der Waals surface area contributed by atoms with Crippen molar-refractivity contribution in [2.45, 2.75) is 50.6 Å². The molecule has 0 spiro atoms. The van der Waals surface area contributed by atoms with Crippen LogP contribution in [-0.2, 0) is 0 Å². The number of nitrogens with one attached hydrogen (secondary N) is 1. The van der Waals surface area contributed by atoms with Crippen molar-refractivity contribution in [3.05, 3.63) is 0 Å². The second kappa shape index (κ2) is 3.82. The van der Waals surface area contributed by atoms with E-state index in [1.54, 1.807) is 0 Å². The third kappa shape index (κ3) is 1.82. The molecule has 80 valence electrons. The van der Waals surface area contributed by atoms with Gasteiger partial charge in [0.15, 0.2) is 0 Å². The fraction of sp³-hybridized carbons (Fsp3) is 1.00. The van der Waals surface area contributed by atoms with Gasteiger partial charge in [0.1, 0.15) is 0 Å². The molecular weight excluding hydrogens is 172 g/mol. The first-order chi connectivity index (χ1) is 6.90. The van der Waals surface area contributed by atoms with Gasteiger partial charge in [0, 0.05) is 12.1 Å². The molecule has 3 saturated heterocycles. The van der Waals surface area contributed by atoms with Crippen LogP contribution in [0.1, 0.15) is 38.5 Å². The minimum absolute atomic E-state index is 0.884. The van der Waals surface area contributed by atoms with Crippen LogP contribution >= 0.6 is 0 Å². The Kier molecular flexibility index (Phi) is 2.50. The second-order valence-electron chi connectivity index (χ2n) is 5.46. The number of hydrogen-bond acceptors (Lipinski definition) is 2. The zero-order valence-electron chi connectivity index (χ0n) is 9.04. The van der Waals surface area contributed by atoms with E-state index in [4.69, 9.17) is 0 Å². The molecule has 3 heterocycles. The van der Waals surface area contributed by atoms with Gasteiger partial charge in [-0.3, -0.25) is 0 Å². The summed E-state index contributed by atoms with van der Waals surface area (Å²) < 4.78 is 0. The summed E-state index contributed by atoms with van der Waals surface area (Å²) in [5.41, 5.74) is 0. The first kappa shape index (κ1) is 9.17. The first-order valence-corrected chi connectivity index (χ1v) is 6.38. The number of piperidine rings is 1. The van der Waals surface area contributed by atoms with Crippen LogP contribution in [0.3, 0.4) is 0 Å². The van der Waals surface area contributed by atoms with E-state index in [1.165, 1.54) is 58.2 Å². The molecule has 0 aromatic carbocycles. The van der Waals surface area contributed by atoms with Crippen molar-refractivity contribution < 1.29 is 0 Å². The van der Waals surface area contributed by atoms with Crippen molar-refractivity contribution in [2.75, 3.05) is 19.6 Å². The summed E-state index contributed by atoms with van der Waals surface area (Å²) in [7, 11) is 0. The van der Waals surface area contributed by atoms with Gasteiger partial charge in [-0.25, -0.2) is 0 Å². The highest BCUT2D eigenvalue weighted by Crippen LogP contribution is 2.32. The van der Waals surface area contributed by atoms with Gasteiger partial charge < -0.3 is 10.2 Å². The van der Waals surface area contributed by atoms with Crippen LogP contribution in [0.25, 0.3) is 0 Å². The predicted molar refractivity (Wildman–Crippen MR) is 58.3 cm³/mol. The Morgan fingerprint density at radius 1 is 1.07 bits per heavy atom. The molecule has 2 nitrogen and oxygen atoms in total. The van der Waals surface area contributed by atoms with Gasteiger partial charge in [-0.05, 0) is 64.1 Å². The maximum atomic E-state index is 3.72. The molecule has 0 aliphatic carbocycles. The van der Waals surface area contributed by atoms with Gasteiger partial charge in [-0.2, -0.15) is 0 Å². The van der Waals surface area contributed by atoms with Crippen LogP contribution in [0.15, 0.2) is 0 Å². The highest BCUT2D eigenvalue weighted by Gasteiger charge is 2.33. The van der Waals surface area contributed by atoms with Crippen molar-refractivity contribution in [3.8, 4) is 0 Å². The number of likely N-dealkylation sites (tertiary alicyclic amines) is 1. The Balaban J connectivity index is 1.44. The van der Waals surface area contributed by atoms with Crippen molar-refractivity contribution in [1.29, 1.82) is 0 Å². The van der Waals surface area contributed by atoms with E-state index in [2.05, 4.69) is 10.2 Å². The maximum absolute atomic E-state index is 3.72. The summed E-state index contributed by atoms with van der Waals surface area (Å²) in [5.74, 6) is 1.04. The van der Waals surface area contributed by atoms with E-state index in [1.807, 2.05) is 0 Å². The average molecular weight is 194 g/mol. The molecule has 2 atom stereocenters. The second-order valence-corrected chi connectivity index (χ2v) is 5.46. The zero-order valence-corrected chi connectivity index (χ0v) is 9.04. The van der Waals surface area contributed by atoms with Crippen LogP contribution in [0, 0.1) is 5.92 Å². The molecule has 3 fully saturated rings. The fourth-order valence-corrected chi connectivity index (χ4v) is 3.38.